The van der Waals surface area contributed by atoms with E-state index in [1.54, 1.807) is 6.92 Å². The lowest BCUT2D eigenvalue weighted by Gasteiger charge is -2.42. The van der Waals surface area contributed by atoms with Gasteiger partial charge in [0.2, 0.25) is 11.7 Å². The fourth-order valence-corrected chi connectivity index (χ4v) is 2.18. The molecule has 7 heteroatoms. The van der Waals surface area contributed by atoms with Gasteiger partial charge in [-0.05, 0) is 18.9 Å². The van der Waals surface area contributed by atoms with Gasteiger partial charge >= 0.3 is 5.69 Å². The number of pyridine rings is 1. The van der Waals surface area contributed by atoms with Gasteiger partial charge in [-0.3, -0.25) is 14.9 Å². The van der Waals surface area contributed by atoms with Crippen molar-refractivity contribution in [2.45, 2.75) is 25.8 Å². The molecule has 0 radical (unpaired) electrons. The molecule has 0 bridgehead atoms. The third-order valence-corrected chi connectivity index (χ3v) is 3.31. The zero-order valence-electron chi connectivity index (χ0n) is 9.92. The molecule has 1 aliphatic rings. The quantitative estimate of drug-likeness (QED) is 0.613. The molecule has 1 aromatic heterocycles. The van der Waals surface area contributed by atoms with Crippen LogP contribution in [0.3, 0.4) is 0 Å². The van der Waals surface area contributed by atoms with Crippen LogP contribution in [0.25, 0.3) is 0 Å². The Hall–Kier alpha value is -2.18. The minimum atomic E-state index is -0.513. The highest BCUT2D eigenvalue weighted by Gasteiger charge is 2.45. The van der Waals surface area contributed by atoms with Gasteiger partial charge in [0.1, 0.15) is 0 Å². The number of hydrogen-bond donors (Lipinski definition) is 2. The van der Waals surface area contributed by atoms with E-state index < -0.39 is 10.3 Å². The monoisotopic (exact) mass is 250 g/mol. The van der Waals surface area contributed by atoms with Crippen LogP contribution in [0.2, 0.25) is 0 Å². The van der Waals surface area contributed by atoms with Crippen molar-refractivity contribution in [2.24, 2.45) is 11.1 Å². The molecule has 1 saturated carbocycles. The Morgan fingerprint density at radius 2 is 2.33 bits per heavy atom. The number of carbonyl (C=O) groups is 1. The number of rotatable bonds is 4. The highest BCUT2D eigenvalue weighted by Crippen LogP contribution is 2.42. The largest absolute Gasteiger partial charge is 0.369 e. The third kappa shape index (κ3) is 2.11. The van der Waals surface area contributed by atoms with Crippen LogP contribution >= 0.6 is 0 Å². The molecule has 1 heterocycles. The Kier molecular flexibility index (Phi) is 2.90. The summed E-state index contributed by atoms with van der Waals surface area (Å²) >= 11 is 0. The van der Waals surface area contributed by atoms with E-state index in [2.05, 4.69) is 10.3 Å². The highest BCUT2D eigenvalue weighted by molar-refractivity contribution is 5.82. The Morgan fingerprint density at radius 1 is 1.67 bits per heavy atom. The van der Waals surface area contributed by atoms with E-state index in [0.717, 1.165) is 0 Å². The summed E-state index contributed by atoms with van der Waals surface area (Å²) in [5, 5.41) is 13.8. The number of nitro groups is 1. The predicted octanol–water partition coefficient (Wildman–Crippen LogP) is 1.06. The van der Waals surface area contributed by atoms with Gasteiger partial charge in [0.25, 0.3) is 0 Å². The predicted molar refractivity (Wildman–Crippen MR) is 64.8 cm³/mol. The van der Waals surface area contributed by atoms with Crippen molar-refractivity contribution >= 4 is 17.4 Å². The van der Waals surface area contributed by atoms with Crippen LogP contribution in [0.15, 0.2) is 18.3 Å². The molecule has 1 amide bonds. The summed E-state index contributed by atoms with van der Waals surface area (Å²) in [6.45, 7) is 1.79. The van der Waals surface area contributed by atoms with Gasteiger partial charge in [0.15, 0.2) is 0 Å². The summed E-state index contributed by atoms with van der Waals surface area (Å²) < 4.78 is 0. The van der Waals surface area contributed by atoms with Gasteiger partial charge in [-0.1, -0.05) is 6.92 Å². The smallest absolute Gasteiger partial charge is 0.311 e. The van der Waals surface area contributed by atoms with Crippen LogP contribution in [-0.2, 0) is 4.79 Å². The Morgan fingerprint density at radius 3 is 2.89 bits per heavy atom. The summed E-state index contributed by atoms with van der Waals surface area (Å²) in [6, 6.07) is 2.90. The van der Waals surface area contributed by atoms with Gasteiger partial charge in [-0.25, -0.2) is 4.98 Å². The summed E-state index contributed by atoms with van der Waals surface area (Å²) in [5.74, 6) is -0.102. The molecule has 1 fully saturated rings. The number of aromatic nitrogens is 1. The second kappa shape index (κ2) is 4.25. The van der Waals surface area contributed by atoms with Crippen LogP contribution < -0.4 is 11.1 Å². The molecular weight excluding hydrogens is 236 g/mol. The lowest BCUT2D eigenvalue weighted by Crippen LogP contribution is -2.51. The molecule has 0 spiro atoms. The summed E-state index contributed by atoms with van der Waals surface area (Å²) in [7, 11) is 0. The first-order valence-corrected chi connectivity index (χ1v) is 5.58. The standard InChI is InChI=1S/C11H14N4O3/c1-11(10(12)16)5-7(6-11)14-9-8(15(17)18)3-2-4-13-9/h2-4,7H,5-6H2,1H3,(H2,12,16)(H,13,14). The van der Waals surface area contributed by atoms with Gasteiger partial charge in [0, 0.05) is 18.3 Å². The van der Waals surface area contributed by atoms with E-state index in [0.29, 0.717) is 12.8 Å². The van der Waals surface area contributed by atoms with Crippen molar-refractivity contribution in [3.05, 3.63) is 28.4 Å². The van der Waals surface area contributed by atoms with Gasteiger partial charge in [-0.15, -0.1) is 0 Å². The normalized spacial score (nSPS) is 26.2. The lowest BCUT2D eigenvalue weighted by molar-refractivity contribution is -0.384. The molecule has 0 unspecified atom stereocenters. The zero-order valence-corrected chi connectivity index (χ0v) is 9.92. The van der Waals surface area contributed by atoms with Crippen molar-refractivity contribution in [2.75, 3.05) is 5.32 Å². The van der Waals surface area contributed by atoms with Gasteiger partial charge in [-0.2, -0.15) is 0 Å². The van der Waals surface area contributed by atoms with Crippen LogP contribution in [0, 0.1) is 15.5 Å². The average molecular weight is 250 g/mol. The molecule has 0 atom stereocenters. The van der Waals surface area contributed by atoms with E-state index in [1.165, 1.54) is 18.3 Å². The maximum Gasteiger partial charge on any atom is 0.311 e. The molecule has 18 heavy (non-hydrogen) atoms. The average Bonchev–Trinajstić information content (AvgIpc) is 2.27. The number of nitrogens with zero attached hydrogens (tertiary/aromatic N) is 2. The van der Waals surface area contributed by atoms with Crippen molar-refractivity contribution in [3.8, 4) is 0 Å². The zero-order chi connectivity index (χ0) is 13.3. The molecule has 96 valence electrons. The first kappa shape index (κ1) is 12.3. The molecule has 3 N–H and O–H groups in total. The number of primary amides is 1. The maximum absolute atomic E-state index is 11.1. The number of amides is 1. The van der Waals surface area contributed by atoms with E-state index in [-0.39, 0.29) is 23.5 Å². The van der Waals surface area contributed by atoms with Crippen molar-refractivity contribution in [1.29, 1.82) is 0 Å². The molecule has 1 aromatic rings. The van der Waals surface area contributed by atoms with Crippen LogP contribution in [0.1, 0.15) is 19.8 Å². The Balaban J connectivity index is 2.05. The van der Waals surface area contributed by atoms with E-state index in [4.69, 9.17) is 5.73 Å². The first-order chi connectivity index (χ1) is 8.42. The van der Waals surface area contributed by atoms with Gasteiger partial charge < -0.3 is 11.1 Å². The van der Waals surface area contributed by atoms with Crippen LogP contribution in [0.4, 0.5) is 11.5 Å². The minimum absolute atomic E-state index is 0.00361. The third-order valence-electron chi connectivity index (χ3n) is 3.31. The van der Waals surface area contributed by atoms with Crippen LogP contribution in [0.5, 0.6) is 0 Å². The Bertz CT molecular complexity index is 497. The summed E-state index contributed by atoms with van der Waals surface area (Å²) in [5.41, 5.74) is 4.70. The Labute approximate surface area is 104 Å². The van der Waals surface area contributed by atoms with Crippen molar-refractivity contribution < 1.29 is 9.72 Å². The fourth-order valence-electron chi connectivity index (χ4n) is 2.18. The summed E-state index contributed by atoms with van der Waals surface area (Å²) in [4.78, 5) is 25.4. The molecule has 1 aliphatic carbocycles. The number of hydrogen-bond acceptors (Lipinski definition) is 5. The maximum atomic E-state index is 11.1. The molecular formula is C11H14N4O3. The minimum Gasteiger partial charge on any atom is -0.369 e. The number of nitrogens with two attached hydrogens (primary N) is 1. The number of carbonyl (C=O) groups excluding carboxylic acids is 1. The summed E-state index contributed by atoms with van der Waals surface area (Å²) in [6.07, 6.45) is 2.62. The molecule has 2 rings (SSSR count). The van der Waals surface area contributed by atoms with Gasteiger partial charge in [0.05, 0.1) is 10.3 Å². The first-order valence-electron chi connectivity index (χ1n) is 5.58. The topological polar surface area (TPSA) is 111 Å². The molecule has 0 aromatic carbocycles. The molecule has 7 nitrogen and oxygen atoms in total. The fraction of sp³-hybridized carbons (Fsp3) is 0.455. The van der Waals surface area contributed by atoms with E-state index in [1.807, 2.05) is 0 Å². The van der Waals surface area contributed by atoms with E-state index >= 15 is 0 Å². The van der Waals surface area contributed by atoms with Crippen molar-refractivity contribution in [1.82, 2.24) is 4.98 Å². The highest BCUT2D eigenvalue weighted by atomic mass is 16.6. The number of nitrogens with one attached hydrogen (secondary N) is 1. The van der Waals surface area contributed by atoms with E-state index in [9.17, 15) is 14.9 Å². The SMILES string of the molecule is CC1(C(N)=O)CC(Nc2ncccc2[N+](=O)[O-])C1. The lowest BCUT2D eigenvalue weighted by atomic mass is 9.66. The number of anilines is 1. The second-order valence-electron chi connectivity index (χ2n) is 4.80. The van der Waals surface area contributed by atoms with Crippen molar-refractivity contribution in [3.63, 3.8) is 0 Å². The second-order valence-corrected chi connectivity index (χ2v) is 4.80. The molecule has 0 aliphatic heterocycles. The molecule has 0 saturated heterocycles. The van der Waals surface area contributed by atoms with Crippen LogP contribution in [-0.4, -0.2) is 21.9 Å².